The predicted molar refractivity (Wildman–Crippen MR) is 69.8 cm³/mol. The second kappa shape index (κ2) is 5.83. The summed E-state index contributed by atoms with van der Waals surface area (Å²) >= 11 is 1.75. The smallest absolute Gasteiger partial charge is 0.0826 e. The van der Waals surface area contributed by atoms with E-state index >= 15 is 0 Å². The van der Waals surface area contributed by atoms with E-state index < -0.39 is 0 Å². The molecule has 1 fully saturated rings. The van der Waals surface area contributed by atoms with Crippen molar-refractivity contribution in [3.63, 3.8) is 0 Å². The van der Waals surface area contributed by atoms with Crippen LogP contribution in [0.2, 0.25) is 0 Å². The minimum atomic E-state index is -0.219. The Morgan fingerprint density at radius 3 is 2.38 bits per heavy atom. The molecule has 2 rings (SSSR count). The minimum Gasteiger partial charge on any atom is -0.388 e. The maximum Gasteiger partial charge on any atom is 0.0826 e. The molecule has 1 aliphatic rings. The van der Waals surface area contributed by atoms with Gasteiger partial charge in [0.15, 0.2) is 0 Å². The summed E-state index contributed by atoms with van der Waals surface area (Å²) in [4.78, 5) is 1.31. The van der Waals surface area contributed by atoms with Gasteiger partial charge in [0.05, 0.1) is 6.10 Å². The van der Waals surface area contributed by atoms with Crippen LogP contribution in [-0.4, -0.2) is 5.11 Å². The van der Waals surface area contributed by atoms with Gasteiger partial charge in [0, 0.05) is 4.88 Å². The van der Waals surface area contributed by atoms with E-state index in [1.807, 2.05) is 0 Å². The van der Waals surface area contributed by atoms with Gasteiger partial charge in [-0.1, -0.05) is 32.1 Å². The first kappa shape index (κ1) is 12.1. The van der Waals surface area contributed by atoms with Crippen LogP contribution in [0.5, 0.6) is 0 Å². The highest BCUT2D eigenvalue weighted by Crippen LogP contribution is 2.34. The second-order valence-corrected chi connectivity index (χ2v) is 6.16. The average molecular weight is 238 g/mol. The van der Waals surface area contributed by atoms with Gasteiger partial charge >= 0.3 is 0 Å². The highest BCUT2D eigenvalue weighted by atomic mass is 32.1. The normalized spacial score (nSPS) is 21.4. The van der Waals surface area contributed by atoms with Crippen molar-refractivity contribution in [2.24, 2.45) is 5.92 Å². The molecule has 1 N–H and O–H groups in total. The van der Waals surface area contributed by atoms with Gasteiger partial charge in [-0.05, 0) is 42.7 Å². The van der Waals surface area contributed by atoms with Crippen molar-refractivity contribution in [3.8, 4) is 0 Å². The Labute approximate surface area is 103 Å². The van der Waals surface area contributed by atoms with Crippen LogP contribution < -0.4 is 0 Å². The molecule has 1 aliphatic carbocycles. The zero-order valence-electron chi connectivity index (χ0n) is 10.1. The van der Waals surface area contributed by atoms with E-state index in [0.29, 0.717) is 5.92 Å². The standard InChI is InChI=1S/C14H22OS/c1-11-9-13(10-16-11)14(15)12-7-5-3-2-4-6-8-12/h9-10,12,14-15H,2-8H2,1H3. The van der Waals surface area contributed by atoms with Crippen molar-refractivity contribution in [2.75, 3.05) is 0 Å². The number of aliphatic hydroxyl groups excluding tert-OH is 1. The maximum absolute atomic E-state index is 10.4. The molecule has 1 heterocycles. The lowest BCUT2D eigenvalue weighted by Gasteiger charge is -2.24. The minimum absolute atomic E-state index is 0.219. The molecular formula is C14H22OS. The summed E-state index contributed by atoms with van der Waals surface area (Å²) in [7, 11) is 0. The van der Waals surface area contributed by atoms with Crippen LogP contribution >= 0.6 is 11.3 Å². The predicted octanol–water partition coefficient (Wildman–Crippen LogP) is 4.45. The fourth-order valence-electron chi connectivity index (χ4n) is 2.69. The van der Waals surface area contributed by atoms with Gasteiger partial charge < -0.3 is 5.11 Å². The summed E-state index contributed by atoms with van der Waals surface area (Å²) in [5, 5.41) is 12.5. The lowest BCUT2D eigenvalue weighted by Crippen LogP contribution is -2.13. The lowest BCUT2D eigenvalue weighted by molar-refractivity contribution is 0.0916. The molecular weight excluding hydrogens is 216 g/mol. The van der Waals surface area contributed by atoms with E-state index in [1.165, 1.54) is 49.8 Å². The van der Waals surface area contributed by atoms with Crippen LogP contribution in [-0.2, 0) is 0 Å². The molecule has 0 amide bonds. The van der Waals surface area contributed by atoms with Crippen molar-refractivity contribution in [3.05, 3.63) is 21.9 Å². The molecule has 1 saturated carbocycles. The van der Waals surface area contributed by atoms with Crippen LogP contribution in [0.4, 0.5) is 0 Å². The van der Waals surface area contributed by atoms with E-state index in [9.17, 15) is 5.11 Å². The highest BCUT2D eigenvalue weighted by molar-refractivity contribution is 7.10. The molecule has 0 aliphatic heterocycles. The summed E-state index contributed by atoms with van der Waals surface area (Å²) in [6.07, 6.45) is 8.88. The van der Waals surface area contributed by atoms with E-state index in [-0.39, 0.29) is 6.10 Å². The Hall–Kier alpha value is -0.340. The quantitative estimate of drug-likeness (QED) is 0.807. The molecule has 0 radical (unpaired) electrons. The number of hydrogen-bond acceptors (Lipinski definition) is 2. The Morgan fingerprint density at radius 1 is 1.19 bits per heavy atom. The maximum atomic E-state index is 10.4. The van der Waals surface area contributed by atoms with Crippen LogP contribution in [0.25, 0.3) is 0 Å². The van der Waals surface area contributed by atoms with Gasteiger partial charge in [-0.3, -0.25) is 0 Å². The van der Waals surface area contributed by atoms with Gasteiger partial charge in [0.25, 0.3) is 0 Å². The van der Waals surface area contributed by atoms with Gasteiger partial charge in [0.2, 0.25) is 0 Å². The van der Waals surface area contributed by atoms with Crippen LogP contribution in [0.15, 0.2) is 11.4 Å². The van der Waals surface area contributed by atoms with Gasteiger partial charge in [-0.2, -0.15) is 0 Å². The topological polar surface area (TPSA) is 20.2 Å². The van der Waals surface area contributed by atoms with E-state index in [1.54, 1.807) is 11.3 Å². The zero-order chi connectivity index (χ0) is 11.4. The Bertz CT molecular complexity index is 310. The summed E-state index contributed by atoms with van der Waals surface area (Å²) in [5.74, 6) is 0.495. The van der Waals surface area contributed by atoms with Crippen molar-refractivity contribution in [1.82, 2.24) is 0 Å². The monoisotopic (exact) mass is 238 g/mol. The van der Waals surface area contributed by atoms with Crippen molar-refractivity contribution in [2.45, 2.75) is 58.0 Å². The molecule has 0 bridgehead atoms. The molecule has 90 valence electrons. The van der Waals surface area contributed by atoms with Crippen molar-refractivity contribution >= 4 is 11.3 Å². The molecule has 1 unspecified atom stereocenters. The third-order valence-electron chi connectivity index (χ3n) is 3.69. The van der Waals surface area contributed by atoms with Gasteiger partial charge in [-0.25, -0.2) is 0 Å². The highest BCUT2D eigenvalue weighted by Gasteiger charge is 2.22. The summed E-state index contributed by atoms with van der Waals surface area (Å²) in [6.45, 7) is 2.11. The summed E-state index contributed by atoms with van der Waals surface area (Å²) in [6, 6.07) is 2.15. The fourth-order valence-corrected chi connectivity index (χ4v) is 3.43. The molecule has 0 spiro atoms. The Kier molecular flexibility index (Phi) is 4.42. The Balaban J connectivity index is 1.98. The Morgan fingerprint density at radius 2 is 1.81 bits per heavy atom. The van der Waals surface area contributed by atoms with E-state index in [4.69, 9.17) is 0 Å². The molecule has 1 nitrogen and oxygen atoms in total. The molecule has 0 aromatic carbocycles. The van der Waals surface area contributed by atoms with Crippen molar-refractivity contribution < 1.29 is 5.11 Å². The number of aryl methyl sites for hydroxylation is 1. The van der Waals surface area contributed by atoms with E-state index in [0.717, 1.165) is 5.56 Å². The molecule has 16 heavy (non-hydrogen) atoms. The molecule has 1 aromatic heterocycles. The first-order chi connectivity index (χ1) is 7.77. The average Bonchev–Trinajstić information content (AvgIpc) is 2.63. The molecule has 1 aromatic rings. The van der Waals surface area contributed by atoms with Crippen LogP contribution in [0.1, 0.15) is 61.5 Å². The molecule has 1 atom stereocenters. The largest absolute Gasteiger partial charge is 0.388 e. The van der Waals surface area contributed by atoms with Crippen LogP contribution in [0, 0.1) is 12.8 Å². The van der Waals surface area contributed by atoms with E-state index in [2.05, 4.69) is 18.4 Å². The molecule has 0 saturated heterocycles. The molecule has 2 heteroatoms. The number of rotatable bonds is 2. The zero-order valence-corrected chi connectivity index (χ0v) is 10.9. The number of aliphatic hydroxyl groups is 1. The van der Waals surface area contributed by atoms with Crippen molar-refractivity contribution in [1.29, 1.82) is 0 Å². The fraction of sp³-hybridized carbons (Fsp3) is 0.714. The number of hydrogen-bond donors (Lipinski definition) is 1. The van der Waals surface area contributed by atoms with Gasteiger partial charge in [0.1, 0.15) is 0 Å². The SMILES string of the molecule is Cc1cc(C(O)C2CCCCCCC2)cs1. The first-order valence-electron chi connectivity index (χ1n) is 6.50. The third kappa shape index (κ3) is 3.08. The van der Waals surface area contributed by atoms with Crippen LogP contribution in [0.3, 0.4) is 0 Å². The summed E-state index contributed by atoms with van der Waals surface area (Å²) in [5.41, 5.74) is 1.15. The lowest BCUT2D eigenvalue weighted by atomic mass is 9.85. The second-order valence-electron chi connectivity index (χ2n) is 5.04. The first-order valence-corrected chi connectivity index (χ1v) is 7.38. The summed E-state index contributed by atoms with van der Waals surface area (Å²) < 4.78 is 0. The third-order valence-corrected chi connectivity index (χ3v) is 4.57. The van der Waals surface area contributed by atoms with Gasteiger partial charge in [-0.15, -0.1) is 11.3 Å². The number of thiophene rings is 1.